The SMILES string of the molecule is CC(C)n1cnnc1CC1(N)CCCCC1. The van der Waals surface area contributed by atoms with Crippen molar-refractivity contribution in [1.82, 2.24) is 14.8 Å². The summed E-state index contributed by atoms with van der Waals surface area (Å²) in [6.45, 7) is 4.30. The van der Waals surface area contributed by atoms with E-state index in [1.165, 1.54) is 19.3 Å². The van der Waals surface area contributed by atoms with Crippen LogP contribution >= 0.6 is 0 Å². The standard InChI is InChI=1S/C12H22N4/c1-10(2)16-9-14-15-11(16)8-12(13)6-4-3-5-7-12/h9-10H,3-8,13H2,1-2H3. The van der Waals surface area contributed by atoms with Gasteiger partial charge in [0.1, 0.15) is 12.2 Å². The summed E-state index contributed by atoms with van der Waals surface area (Å²) in [4.78, 5) is 0. The highest BCUT2D eigenvalue weighted by Crippen LogP contribution is 2.28. The number of nitrogens with zero attached hydrogens (tertiary/aromatic N) is 3. The minimum absolute atomic E-state index is 0.0437. The van der Waals surface area contributed by atoms with E-state index in [1.807, 2.05) is 6.33 Å². The summed E-state index contributed by atoms with van der Waals surface area (Å²) < 4.78 is 2.13. The van der Waals surface area contributed by atoms with E-state index >= 15 is 0 Å². The van der Waals surface area contributed by atoms with E-state index in [9.17, 15) is 0 Å². The number of nitrogens with two attached hydrogens (primary N) is 1. The number of rotatable bonds is 3. The summed E-state index contributed by atoms with van der Waals surface area (Å²) in [6.07, 6.45) is 8.77. The van der Waals surface area contributed by atoms with Gasteiger partial charge in [-0.25, -0.2) is 0 Å². The Labute approximate surface area is 97.2 Å². The molecule has 0 aliphatic heterocycles. The minimum Gasteiger partial charge on any atom is -0.325 e. The van der Waals surface area contributed by atoms with Crippen LogP contribution in [0.5, 0.6) is 0 Å². The Bertz CT molecular complexity index is 337. The van der Waals surface area contributed by atoms with Crippen molar-refractivity contribution in [2.45, 2.75) is 64.0 Å². The minimum atomic E-state index is -0.0437. The van der Waals surface area contributed by atoms with Crippen molar-refractivity contribution in [3.05, 3.63) is 12.2 Å². The van der Waals surface area contributed by atoms with Gasteiger partial charge in [0.05, 0.1) is 0 Å². The van der Waals surface area contributed by atoms with Crippen LogP contribution in [0.3, 0.4) is 0 Å². The maximum atomic E-state index is 6.44. The molecule has 0 spiro atoms. The van der Waals surface area contributed by atoms with E-state index in [1.54, 1.807) is 0 Å². The monoisotopic (exact) mass is 222 g/mol. The first-order valence-electron chi connectivity index (χ1n) is 6.28. The lowest BCUT2D eigenvalue weighted by molar-refractivity contribution is 0.285. The van der Waals surface area contributed by atoms with Gasteiger partial charge in [0.2, 0.25) is 0 Å². The third-order valence-electron chi connectivity index (χ3n) is 3.56. The smallest absolute Gasteiger partial charge is 0.134 e. The van der Waals surface area contributed by atoms with Crippen LogP contribution in [-0.2, 0) is 6.42 Å². The topological polar surface area (TPSA) is 56.7 Å². The van der Waals surface area contributed by atoms with Gasteiger partial charge in [0.15, 0.2) is 0 Å². The van der Waals surface area contributed by atoms with Crippen LogP contribution in [0.25, 0.3) is 0 Å². The van der Waals surface area contributed by atoms with Crippen LogP contribution in [0.2, 0.25) is 0 Å². The van der Waals surface area contributed by atoms with Crippen LogP contribution in [-0.4, -0.2) is 20.3 Å². The second kappa shape index (κ2) is 4.53. The number of hydrogen-bond donors (Lipinski definition) is 1. The molecule has 1 saturated carbocycles. The lowest BCUT2D eigenvalue weighted by atomic mass is 9.80. The predicted molar refractivity (Wildman–Crippen MR) is 64.1 cm³/mol. The average molecular weight is 222 g/mol. The van der Waals surface area contributed by atoms with Gasteiger partial charge in [-0.05, 0) is 26.7 Å². The molecule has 1 heterocycles. The van der Waals surface area contributed by atoms with Crippen LogP contribution in [0.4, 0.5) is 0 Å². The van der Waals surface area contributed by atoms with E-state index in [-0.39, 0.29) is 5.54 Å². The number of hydrogen-bond acceptors (Lipinski definition) is 3. The molecule has 0 aromatic carbocycles. The van der Waals surface area contributed by atoms with E-state index in [0.717, 1.165) is 25.1 Å². The van der Waals surface area contributed by atoms with Crippen molar-refractivity contribution in [2.24, 2.45) is 5.73 Å². The third-order valence-corrected chi connectivity index (χ3v) is 3.56. The van der Waals surface area contributed by atoms with Crippen molar-refractivity contribution in [1.29, 1.82) is 0 Å². The van der Waals surface area contributed by atoms with Crippen molar-refractivity contribution < 1.29 is 0 Å². The second-order valence-corrected chi connectivity index (χ2v) is 5.35. The third kappa shape index (κ3) is 2.43. The summed E-state index contributed by atoms with van der Waals surface area (Å²) in [6, 6.07) is 0.414. The molecule has 1 aliphatic rings. The highest BCUT2D eigenvalue weighted by molar-refractivity contribution is 5.00. The van der Waals surface area contributed by atoms with E-state index in [0.29, 0.717) is 6.04 Å². The molecule has 2 rings (SSSR count). The number of aromatic nitrogens is 3. The zero-order valence-corrected chi connectivity index (χ0v) is 10.3. The fraction of sp³-hybridized carbons (Fsp3) is 0.833. The summed E-state index contributed by atoms with van der Waals surface area (Å²) in [7, 11) is 0. The van der Waals surface area contributed by atoms with Crippen molar-refractivity contribution in [2.75, 3.05) is 0 Å². The van der Waals surface area contributed by atoms with Gasteiger partial charge in [0, 0.05) is 18.0 Å². The lowest BCUT2D eigenvalue weighted by Gasteiger charge is -2.33. The zero-order valence-electron chi connectivity index (χ0n) is 10.3. The Morgan fingerprint density at radius 1 is 1.38 bits per heavy atom. The van der Waals surface area contributed by atoms with Crippen LogP contribution in [0.1, 0.15) is 57.8 Å². The molecule has 2 N–H and O–H groups in total. The second-order valence-electron chi connectivity index (χ2n) is 5.35. The van der Waals surface area contributed by atoms with Gasteiger partial charge in [-0.1, -0.05) is 19.3 Å². The summed E-state index contributed by atoms with van der Waals surface area (Å²) in [5, 5.41) is 8.21. The van der Waals surface area contributed by atoms with Gasteiger partial charge < -0.3 is 10.3 Å². The molecule has 0 amide bonds. The maximum Gasteiger partial charge on any atom is 0.134 e. The molecule has 0 saturated heterocycles. The Morgan fingerprint density at radius 3 is 2.69 bits per heavy atom. The molecule has 1 aromatic rings. The molecule has 16 heavy (non-hydrogen) atoms. The molecule has 0 radical (unpaired) electrons. The summed E-state index contributed by atoms with van der Waals surface area (Å²) >= 11 is 0. The maximum absolute atomic E-state index is 6.44. The molecule has 4 nitrogen and oxygen atoms in total. The van der Waals surface area contributed by atoms with Crippen molar-refractivity contribution >= 4 is 0 Å². The van der Waals surface area contributed by atoms with Crippen molar-refractivity contribution in [3.8, 4) is 0 Å². The highest BCUT2D eigenvalue weighted by Gasteiger charge is 2.29. The molecular formula is C12H22N4. The van der Waals surface area contributed by atoms with Crippen molar-refractivity contribution in [3.63, 3.8) is 0 Å². The average Bonchev–Trinajstić information content (AvgIpc) is 2.66. The summed E-state index contributed by atoms with van der Waals surface area (Å²) in [5.41, 5.74) is 6.39. The molecule has 0 unspecified atom stereocenters. The predicted octanol–water partition coefficient (Wildman–Crippen LogP) is 2.06. The molecular weight excluding hydrogens is 200 g/mol. The Hall–Kier alpha value is -0.900. The molecule has 0 atom stereocenters. The molecule has 0 bridgehead atoms. The molecule has 90 valence electrons. The van der Waals surface area contributed by atoms with Crippen LogP contribution in [0, 0.1) is 0 Å². The van der Waals surface area contributed by atoms with Crippen LogP contribution in [0.15, 0.2) is 6.33 Å². The summed E-state index contributed by atoms with van der Waals surface area (Å²) in [5.74, 6) is 1.04. The Balaban J connectivity index is 2.10. The van der Waals surface area contributed by atoms with Gasteiger partial charge in [-0.3, -0.25) is 0 Å². The zero-order chi connectivity index (χ0) is 11.6. The van der Waals surface area contributed by atoms with Gasteiger partial charge >= 0.3 is 0 Å². The normalized spacial score (nSPS) is 20.2. The fourth-order valence-corrected chi connectivity index (χ4v) is 2.57. The molecule has 4 heteroatoms. The Kier molecular flexibility index (Phi) is 3.28. The fourth-order valence-electron chi connectivity index (χ4n) is 2.57. The molecule has 1 aromatic heterocycles. The first-order valence-corrected chi connectivity index (χ1v) is 6.28. The first kappa shape index (κ1) is 11.6. The van der Waals surface area contributed by atoms with Gasteiger partial charge in [-0.2, -0.15) is 0 Å². The molecule has 1 aliphatic carbocycles. The van der Waals surface area contributed by atoms with Gasteiger partial charge in [0.25, 0.3) is 0 Å². The molecule has 1 fully saturated rings. The quantitative estimate of drug-likeness (QED) is 0.851. The highest BCUT2D eigenvalue weighted by atomic mass is 15.3. The van der Waals surface area contributed by atoms with Gasteiger partial charge in [-0.15, -0.1) is 10.2 Å². The van der Waals surface area contributed by atoms with E-state index < -0.39 is 0 Å². The van der Waals surface area contributed by atoms with Crippen LogP contribution < -0.4 is 5.73 Å². The largest absolute Gasteiger partial charge is 0.325 e. The first-order chi connectivity index (χ1) is 7.61. The Morgan fingerprint density at radius 2 is 2.06 bits per heavy atom. The lowest BCUT2D eigenvalue weighted by Crippen LogP contribution is -2.44. The van der Waals surface area contributed by atoms with E-state index in [4.69, 9.17) is 5.73 Å². The van der Waals surface area contributed by atoms with E-state index in [2.05, 4.69) is 28.6 Å².